The summed E-state index contributed by atoms with van der Waals surface area (Å²) in [4.78, 5) is 17.6. The number of hydrogen-bond acceptors (Lipinski definition) is 6. The molecule has 4 aromatic rings. The number of hydrogen-bond donors (Lipinski definition) is 1. The van der Waals surface area contributed by atoms with Crippen molar-refractivity contribution in [2.24, 2.45) is 0 Å². The number of nitrogens with one attached hydrogen (secondary N) is 1. The minimum absolute atomic E-state index is 0.0492. The van der Waals surface area contributed by atoms with E-state index in [1.54, 1.807) is 30.4 Å². The lowest BCUT2D eigenvalue weighted by Gasteiger charge is -2.10. The maximum absolute atomic E-state index is 12.9. The van der Waals surface area contributed by atoms with E-state index in [-0.39, 0.29) is 16.2 Å². The molecule has 0 bridgehead atoms. The number of rotatable bonds is 5. The summed E-state index contributed by atoms with van der Waals surface area (Å²) in [7, 11) is -3.50. The number of aromatic nitrogens is 1. The number of anilines is 1. The Hall–Kier alpha value is -2.55. The van der Waals surface area contributed by atoms with Gasteiger partial charge in [0.15, 0.2) is 9.84 Å². The highest BCUT2D eigenvalue weighted by Gasteiger charge is 2.22. The molecule has 0 spiro atoms. The van der Waals surface area contributed by atoms with Crippen LogP contribution in [0.3, 0.4) is 0 Å². The van der Waals surface area contributed by atoms with Crippen LogP contribution in [0.25, 0.3) is 20.8 Å². The van der Waals surface area contributed by atoms with Gasteiger partial charge >= 0.3 is 0 Å². The molecule has 0 saturated heterocycles. The average molecular weight is 429 g/mol. The van der Waals surface area contributed by atoms with Crippen LogP contribution in [0, 0.1) is 0 Å². The van der Waals surface area contributed by atoms with Gasteiger partial charge in [-0.3, -0.25) is 4.79 Å². The van der Waals surface area contributed by atoms with Crippen LogP contribution in [0.1, 0.15) is 17.3 Å². The van der Waals surface area contributed by atoms with E-state index >= 15 is 0 Å². The number of nitrogens with zero attached hydrogens (tertiary/aromatic N) is 1. The Bertz CT molecular complexity index is 1240. The smallest absolute Gasteiger partial charge is 0.257 e. The number of sulfone groups is 1. The minimum Gasteiger partial charge on any atom is -0.313 e. The van der Waals surface area contributed by atoms with Gasteiger partial charge in [-0.2, -0.15) is 0 Å². The van der Waals surface area contributed by atoms with E-state index in [1.807, 2.05) is 35.7 Å². The van der Waals surface area contributed by atoms with Gasteiger partial charge in [0, 0.05) is 5.56 Å². The number of carbonyl (C=O) groups is 1. The third kappa shape index (κ3) is 3.46. The molecule has 1 N–H and O–H groups in total. The predicted octanol–water partition coefficient (Wildman–Crippen LogP) is 5.07. The second-order valence-electron chi connectivity index (χ2n) is 6.00. The van der Waals surface area contributed by atoms with Gasteiger partial charge in [-0.1, -0.05) is 31.2 Å². The highest BCUT2D eigenvalue weighted by atomic mass is 32.2. The second kappa shape index (κ2) is 7.46. The maximum Gasteiger partial charge on any atom is 0.257 e. The van der Waals surface area contributed by atoms with Crippen LogP contribution in [0.4, 0.5) is 5.00 Å². The molecule has 2 aromatic carbocycles. The maximum atomic E-state index is 12.9. The van der Waals surface area contributed by atoms with E-state index in [2.05, 4.69) is 10.3 Å². The van der Waals surface area contributed by atoms with Crippen molar-refractivity contribution in [3.05, 3.63) is 65.5 Å². The Balaban J connectivity index is 1.69. The number of thiophene rings is 1. The van der Waals surface area contributed by atoms with Crippen molar-refractivity contribution in [1.82, 2.24) is 4.98 Å². The van der Waals surface area contributed by atoms with Gasteiger partial charge in [0.25, 0.3) is 5.91 Å². The third-order valence-electron chi connectivity index (χ3n) is 4.26. The lowest BCUT2D eigenvalue weighted by Crippen LogP contribution is -2.17. The summed E-state index contributed by atoms with van der Waals surface area (Å²) in [5, 5.41) is 6.21. The van der Waals surface area contributed by atoms with Crippen LogP contribution in [0.5, 0.6) is 0 Å². The molecule has 0 aliphatic heterocycles. The highest BCUT2D eigenvalue weighted by Crippen LogP contribution is 2.38. The van der Waals surface area contributed by atoms with Crippen molar-refractivity contribution in [3.8, 4) is 10.6 Å². The molecule has 0 aliphatic rings. The topological polar surface area (TPSA) is 76.1 Å². The van der Waals surface area contributed by atoms with E-state index in [0.29, 0.717) is 5.00 Å². The Kier molecular flexibility index (Phi) is 5.01. The molecule has 0 unspecified atom stereocenters. The van der Waals surface area contributed by atoms with Crippen LogP contribution in [-0.4, -0.2) is 25.1 Å². The van der Waals surface area contributed by atoms with Gasteiger partial charge < -0.3 is 5.32 Å². The zero-order valence-electron chi connectivity index (χ0n) is 14.9. The number of fused-ring (bicyclic) bond motifs is 1. The largest absolute Gasteiger partial charge is 0.313 e. The van der Waals surface area contributed by atoms with Gasteiger partial charge in [-0.05, 0) is 35.7 Å². The van der Waals surface area contributed by atoms with E-state index in [0.717, 1.165) is 20.8 Å². The van der Waals surface area contributed by atoms with Crippen molar-refractivity contribution in [3.63, 3.8) is 0 Å². The summed E-state index contributed by atoms with van der Waals surface area (Å²) in [6.07, 6.45) is 0. The molecule has 142 valence electrons. The lowest BCUT2D eigenvalue weighted by atomic mass is 10.2. The number of carbonyl (C=O) groups excluding carboxylic acids is 1. The van der Waals surface area contributed by atoms with Crippen LogP contribution in [-0.2, 0) is 9.84 Å². The molecule has 4 rings (SSSR count). The monoisotopic (exact) mass is 428 g/mol. The second-order valence-corrected chi connectivity index (χ2v) is 10.2. The van der Waals surface area contributed by atoms with Crippen molar-refractivity contribution in [2.45, 2.75) is 11.8 Å². The minimum atomic E-state index is -3.50. The number of thiazole rings is 1. The SMILES string of the molecule is CCS(=O)(=O)c1ccccc1C(=O)Nc1sccc1-c1nc2ccccc2s1. The first kappa shape index (κ1) is 18.8. The Morgan fingerprint density at radius 3 is 2.61 bits per heavy atom. The molecule has 0 saturated carbocycles. The highest BCUT2D eigenvalue weighted by molar-refractivity contribution is 7.91. The van der Waals surface area contributed by atoms with E-state index in [1.165, 1.54) is 23.5 Å². The number of amides is 1. The van der Waals surface area contributed by atoms with Gasteiger partial charge in [0.2, 0.25) is 0 Å². The molecule has 28 heavy (non-hydrogen) atoms. The molecule has 5 nitrogen and oxygen atoms in total. The van der Waals surface area contributed by atoms with Crippen LogP contribution >= 0.6 is 22.7 Å². The summed E-state index contributed by atoms with van der Waals surface area (Å²) in [6.45, 7) is 1.56. The van der Waals surface area contributed by atoms with Gasteiger partial charge in [-0.25, -0.2) is 13.4 Å². The quantitative estimate of drug-likeness (QED) is 0.481. The first-order valence-corrected chi connectivity index (χ1v) is 11.9. The van der Waals surface area contributed by atoms with Gasteiger partial charge in [-0.15, -0.1) is 22.7 Å². The summed E-state index contributed by atoms with van der Waals surface area (Å²) < 4.78 is 25.7. The zero-order chi connectivity index (χ0) is 19.7. The molecule has 2 heterocycles. The van der Waals surface area contributed by atoms with Crippen LogP contribution in [0.2, 0.25) is 0 Å². The zero-order valence-corrected chi connectivity index (χ0v) is 17.3. The van der Waals surface area contributed by atoms with E-state index < -0.39 is 15.7 Å². The Morgan fingerprint density at radius 2 is 1.82 bits per heavy atom. The number of benzene rings is 2. The van der Waals surface area contributed by atoms with Gasteiger partial charge in [0.05, 0.1) is 26.4 Å². The molecule has 0 aliphatic carbocycles. The molecule has 2 aromatic heterocycles. The molecule has 1 amide bonds. The molecule has 0 fully saturated rings. The summed E-state index contributed by atoms with van der Waals surface area (Å²) in [5.41, 5.74) is 1.88. The standard InChI is InChI=1S/C20H16N2O3S3/c1-2-28(24,25)17-10-6-3-7-13(17)18(23)22-19-14(11-12-26-19)20-21-15-8-4-5-9-16(15)27-20/h3-12H,2H2,1H3,(H,22,23). The molecular weight excluding hydrogens is 412 g/mol. The van der Waals surface area contributed by atoms with Crippen molar-refractivity contribution in [1.29, 1.82) is 0 Å². The van der Waals surface area contributed by atoms with Crippen molar-refractivity contribution >= 4 is 53.6 Å². The first-order chi connectivity index (χ1) is 13.5. The van der Waals surface area contributed by atoms with Crippen LogP contribution in [0.15, 0.2) is 64.9 Å². The first-order valence-electron chi connectivity index (χ1n) is 8.56. The normalized spacial score (nSPS) is 11.6. The fourth-order valence-corrected chi connectivity index (χ4v) is 5.75. The van der Waals surface area contributed by atoms with Crippen LogP contribution < -0.4 is 5.32 Å². The molecule has 0 atom stereocenters. The fraction of sp³-hybridized carbons (Fsp3) is 0.100. The van der Waals surface area contributed by atoms with Crippen molar-refractivity contribution < 1.29 is 13.2 Å². The van der Waals surface area contributed by atoms with E-state index in [9.17, 15) is 13.2 Å². The van der Waals surface area contributed by atoms with E-state index in [4.69, 9.17) is 0 Å². The lowest BCUT2D eigenvalue weighted by molar-refractivity contribution is 0.102. The summed E-state index contributed by atoms with van der Waals surface area (Å²) >= 11 is 2.93. The Labute approximate surface area is 170 Å². The predicted molar refractivity (Wildman–Crippen MR) is 115 cm³/mol. The Morgan fingerprint density at radius 1 is 1.07 bits per heavy atom. The number of para-hydroxylation sites is 1. The summed E-state index contributed by atoms with van der Waals surface area (Å²) in [6, 6.07) is 16.0. The molecular formula is C20H16N2O3S3. The summed E-state index contributed by atoms with van der Waals surface area (Å²) in [5.74, 6) is -0.509. The molecule has 0 radical (unpaired) electrons. The van der Waals surface area contributed by atoms with Crippen molar-refractivity contribution in [2.75, 3.05) is 11.1 Å². The van der Waals surface area contributed by atoms with Gasteiger partial charge in [0.1, 0.15) is 10.0 Å². The third-order valence-corrected chi connectivity index (χ3v) is 7.95. The fourth-order valence-electron chi connectivity index (χ4n) is 2.81. The average Bonchev–Trinajstić information content (AvgIpc) is 3.34. The molecule has 8 heteroatoms.